The second-order valence-corrected chi connectivity index (χ2v) is 15.3. The third-order valence-electron chi connectivity index (χ3n) is 9.98. The topological polar surface area (TPSA) is 155 Å². The molecule has 1 aromatic rings. The van der Waals surface area contributed by atoms with Gasteiger partial charge in [-0.05, 0) is 85.9 Å². The number of nitrogens with zero attached hydrogens (tertiary/aromatic N) is 1. The predicted octanol–water partition coefficient (Wildman–Crippen LogP) is 5.27. The number of carbonyl (C=O) groups is 3. The third-order valence-corrected chi connectivity index (χ3v) is 9.98. The number of methoxy groups -OCH3 is 1. The highest BCUT2D eigenvalue weighted by atomic mass is 16.6. The van der Waals surface area contributed by atoms with Gasteiger partial charge in [-0.25, -0.2) is 14.6 Å². The molecule has 0 radical (unpaired) electrons. The van der Waals surface area contributed by atoms with Crippen LogP contribution in [0.15, 0.2) is 75.4 Å². The first-order valence-electron chi connectivity index (χ1n) is 18.4. The normalized spacial score (nSPS) is 32.0. The van der Waals surface area contributed by atoms with Crippen LogP contribution in [0, 0.1) is 17.3 Å². The van der Waals surface area contributed by atoms with E-state index in [2.05, 4.69) is 31.8 Å². The number of H-pyrrole nitrogens is 1. The van der Waals surface area contributed by atoms with Crippen molar-refractivity contribution in [2.45, 2.75) is 98.2 Å². The van der Waals surface area contributed by atoms with Gasteiger partial charge < -0.3 is 38.5 Å². The number of esters is 3. The molecule has 4 bridgehead atoms. The zero-order valence-corrected chi connectivity index (χ0v) is 32.1. The number of carbonyl (C=O) groups excluding carboxylic acids is 3. The summed E-state index contributed by atoms with van der Waals surface area (Å²) in [6.45, 7) is 13.7. The number of rotatable bonds is 9. The lowest BCUT2D eigenvalue weighted by Crippen LogP contribution is -2.43. The van der Waals surface area contributed by atoms with Crippen molar-refractivity contribution in [3.8, 4) is 0 Å². The van der Waals surface area contributed by atoms with Crippen molar-refractivity contribution in [3.05, 3.63) is 81.8 Å². The van der Waals surface area contributed by atoms with Gasteiger partial charge in [-0.15, -0.1) is 0 Å². The van der Waals surface area contributed by atoms with Gasteiger partial charge in [0.1, 0.15) is 23.8 Å². The van der Waals surface area contributed by atoms with Crippen LogP contribution in [-0.2, 0) is 49.2 Å². The summed E-state index contributed by atoms with van der Waals surface area (Å²) in [4.78, 5) is 48.5. The molecule has 0 unspecified atom stereocenters. The maximum atomic E-state index is 13.7. The molecule has 12 heteroatoms. The van der Waals surface area contributed by atoms with Crippen LogP contribution in [0.3, 0.4) is 0 Å². The molecule has 4 aliphatic rings. The molecule has 0 aliphatic carbocycles. The minimum Gasteiger partial charge on any atom is -0.467 e. The van der Waals surface area contributed by atoms with Gasteiger partial charge in [0, 0.05) is 30.9 Å². The van der Waals surface area contributed by atoms with Gasteiger partial charge in [0.15, 0.2) is 18.3 Å². The van der Waals surface area contributed by atoms with E-state index in [1.165, 1.54) is 6.92 Å². The predicted molar refractivity (Wildman–Crippen MR) is 198 cm³/mol. The summed E-state index contributed by atoms with van der Waals surface area (Å²) in [5.74, 6) is -1.44. The van der Waals surface area contributed by atoms with Crippen LogP contribution >= 0.6 is 0 Å². The molecular weight excluding hydrogens is 680 g/mol. The largest absolute Gasteiger partial charge is 0.467 e. The monoisotopic (exact) mass is 734 g/mol. The van der Waals surface area contributed by atoms with Gasteiger partial charge in [-0.2, -0.15) is 0 Å². The molecule has 2 saturated heterocycles. The van der Waals surface area contributed by atoms with E-state index in [0.717, 1.165) is 34.9 Å². The van der Waals surface area contributed by atoms with Crippen LogP contribution in [0.1, 0.15) is 72.7 Å². The molecule has 5 heterocycles. The number of fused-ring (bicyclic) bond motifs is 6. The fourth-order valence-electron chi connectivity index (χ4n) is 6.91. The zero-order chi connectivity index (χ0) is 38.4. The summed E-state index contributed by atoms with van der Waals surface area (Å²) < 4.78 is 35.4. The van der Waals surface area contributed by atoms with E-state index >= 15 is 0 Å². The van der Waals surface area contributed by atoms with E-state index in [1.54, 1.807) is 14.0 Å². The van der Waals surface area contributed by atoms with Crippen molar-refractivity contribution in [1.29, 1.82) is 0 Å². The number of hydrogen-bond donors (Lipinski definition) is 2. The number of cyclic esters (lactones) is 1. The van der Waals surface area contributed by atoms with Crippen LogP contribution in [0.25, 0.3) is 0 Å². The van der Waals surface area contributed by atoms with Crippen molar-refractivity contribution < 1.29 is 47.9 Å². The number of ether oxygens (including phenoxy) is 6. The summed E-state index contributed by atoms with van der Waals surface area (Å²) in [6, 6.07) is 3.28. The molecule has 2 fully saturated rings. The van der Waals surface area contributed by atoms with Gasteiger partial charge >= 0.3 is 17.9 Å². The van der Waals surface area contributed by atoms with E-state index in [1.807, 2.05) is 44.2 Å². The Morgan fingerprint density at radius 3 is 2.60 bits per heavy atom. The Bertz CT molecular complexity index is 1730. The van der Waals surface area contributed by atoms with E-state index in [9.17, 15) is 19.5 Å². The average Bonchev–Trinajstić information content (AvgIpc) is 3.89. The van der Waals surface area contributed by atoms with E-state index in [0.29, 0.717) is 42.7 Å². The smallest absolute Gasteiger partial charge is 0.334 e. The molecule has 4 aliphatic heterocycles. The first kappa shape index (κ1) is 39.9. The van der Waals surface area contributed by atoms with E-state index in [4.69, 9.17) is 33.4 Å². The molecule has 0 amide bonds. The minimum absolute atomic E-state index is 0.000324. The van der Waals surface area contributed by atoms with Crippen LogP contribution in [0.2, 0.25) is 0 Å². The molecule has 1 aromatic heterocycles. The lowest BCUT2D eigenvalue weighted by Gasteiger charge is -2.27. The van der Waals surface area contributed by atoms with Crippen LogP contribution in [0.4, 0.5) is 0 Å². The highest BCUT2D eigenvalue weighted by Crippen LogP contribution is 2.40. The van der Waals surface area contributed by atoms with E-state index in [-0.39, 0.29) is 30.6 Å². The SMILES string of the molecule is COC/C=C/C(C)=C1\CO[C@H](CC(C)C)\C1=C/[C@@H]1N=C2O[C@H]1COC(=O)/C(CC(C)C)=C/C(=O)O[C@H]1[C@H](OC(=O)[C@]1(C)CO)/C(C)=C/Cc1ccc2[nH]1. The summed E-state index contributed by atoms with van der Waals surface area (Å²) in [5, 5.41) is 10.2. The fraction of sp³-hybridized carbons (Fsp3) is 0.561. The van der Waals surface area contributed by atoms with Crippen molar-refractivity contribution in [3.63, 3.8) is 0 Å². The second kappa shape index (κ2) is 17.3. The Morgan fingerprint density at radius 1 is 1.13 bits per heavy atom. The quantitative estimate of drug-likeness (QED) is 0.195. The molecule has 2 N–H and O–H groups in total. The zero-order valence-electron chi connectivity index (χ0n) is 32.1. The summed E-state index contributed by atoms with van der Waals surface area (Å²) in [5.41, 5.74) is 3.93. The Hall–Kier alpha value is -4.26. The molecule has 0 aromatic carbocycles. The molecule has 5 rings (SSSR count). The lowest BCUT2D eigenvalue weighted by atomic mass is 9.83. The van der Waals surface area contributed by atoms with Crippen LogP contribution < -0.4 is 0 Å². The molecule has 0 spiro atoms. The standard InChI is InChI=1S/C41H54N2O10/c1-23(2)16-27-18-35(45)52-37-36(53-40(47)41(37,7)22-44)26(6)11-12-28-13-14-31(42-28)38-43-32(34(51-38)21-50-39(27)46)19-29-30(25(5)10-9-15-48-8)20-49-33(29)17-24(3)4/h9-11,13-14,18-19,23-24,32-34,36-37,42,44H,12,15-17,20-22H2,1-8H3/b10-9+,26-11+,27-18+,29-19-,30-25+/t32-,33+,34-,36+,37-,41+/m0/s1. The van der Waals surface area contributed by atoms with Crippen molar-refractivity contribution >= 4 is 23.8 Å². The number of aromatic amines is 1. The van der Waals surface area contributed by atoms with Gasteiger partial charge in [0.2, 0.25) is 5.90 Å². The number of hydrogen-bond acceptors (Lipinski definition) is 11. The van der Waals surface area contributed by atoms with Crippen LogP contribution in [0.5, 0.6) is 0 Å². The lowest BCUT2D eigenvalue weighted by molar-refractivity contribution is -0.153. The fourth-order valence-corrected chi connectivity index (χ4v) is 6.91. The summed E-state index contributed by atoms with van der Waals surface area (Å²) >= 11 is 0. The number of aliphatic imine (C=N–C) groups is 1. The minimum atomic E-state index is -1.49. The molecular formula is C41H54N2O10. The molecule has 0 saturated carbocycles. The number of aromatic nitrogens is 1. The highest BCUT2D eigenvalue weighted by Gasteiger charge is 2.57. The third kappa shape index (κ3) is 9.28. The first-order chi connectivity index (χ1) is 25.2. The molecule has 6 atom stereocenters. The van der Waals surface area contributed by atoms with Gasteiger partial charge in [-0.1, -0.05) is 45.9 Å². The van der Waals surface area contributed by atoms with E-state index < -0.39 is 54.3 Å². The maximum Gasteiger partial charge on any atom is 0.334 e. The Morgan fingerprint density at radius 2 is 1.91 bits per heavy atom. The molecule has 12 nitrogen and oxygen atoms in total. The highest BCUT2D eigenvalue weighted by molar-refractivity contribution is 5.97. The van der Waals surface area contributed by atoms with Crippen LogP contribution in [-0.4, -0.2) is 97.9 Å². The number of nitrogens with one attached hydrogen (secondary N) is 1. The number of aliphatic hydroxyl groups is 1. The summed E-state index contributed by atoms with van der Waals surface area (Å²) in [7, 11) is 1.66. The number of allylic oxidation sites excluding steroid dienone is 3. The molecule has 53 heavy (non-hydrogen) atoms. The number of aliphatic hydroxyl groups excluding tert-OH is 1. The maximum absolute atomic E-state index is 13.7. The summed E-state index contributed by atoms with van der Waals surface area (Å²) in [6.07, 6.45) is 7.71. The van der Waals surface area contributed by atoms with Crippen molar-refractivity contribution in [2.24, 2.45) is 22.2 Å². The van der Waals surface area contributed by atoms with Crippen molar-refractivity contribution in [1.82, 2.24) is 4.98 Å². The first-order valence-corrected chi connectivity index (χ1v) is 18.4. The van der Waals surface area contributed by atoms with Gasteiger partial charge in [-0.3, -0.25) is 4.79 Å². The Balaban J connectivity index is 1.55. The molecule has 288 valence electrons. The average molecular weight is 735 g/mol. The second-order valence-electron chi connectivity index (χ2n) is 15.3. The Kier molecular flexibility index (Phi) is 13.0. The van der Waals surface area contributed by atoms with Crippen molar-refractivity contribution in [2.75, 3.05) is 33.5 Å². The van der Waals surface area contributed by atoms with Gasteiger partial charge in [0.25, 0.3) is 0 Å². The Labute approximate surface area is 312 Å². The van der Waals surface area contributed by atoms with Gasteiger partial charge in [0.05, 0.1) is 25.9 Å².